The van der Waals surface area contributed by atoms with Gasteiger partial charge in [-0.1, -0.05) is 26.0 Å². The fraction of sp³-hybridized carbons (Fsp3) is 0.190. The highest BCUT2D eigenvalue weighted by molar-refractivity contribution is 5.89. The van der Waals surface area contributed by atoms with Gasteiger partial charge in [0.25, 0.3) is 0 Å². The zero-order valence-corrected chi connectivity index (χ0v) is 16.8. The van der Waals surface area contributed by atoms with E-state index in [1.54, 1.807) is 24.3 Å². The second-order valence-electron chi connectivity index (χ2n) is 6.96. The second-order valence-corrected chi connectivity index (χ2v) is 6.96. The minimum absolute atomic E-state index is 0.0589. The Labute approximate surface area is 173 Å². The number of carbonyl (C=O) groups is 1. The predicted molar refractivity (Wildman–Crippen MR) is 117 cm³/mol. The summed E-state index contributed by atoms with van der Waals surface area (Å²) in [5, 5.41) is 20.3. The lowest BCUT2D eigenvalue weighted by Crippen LogP contribution is -2.06. The van der Waals surface area contributed by atoms with Crippen LogP contribution < -0.4 is 16.0 Å². The van der Waals surface area contributed by atoms with Crippen molar-refractivity contribution >= 4 is 40.3 Å². The first-order valence-electron chi connectivity index (χ1n) is 9.34. The number of nitrogens with one attached hydrogen (secondary N) is 3. The van der Waals surface area contributed by atoms with E-state index < -0.39 is 4.92 Å². The molecular weight excluding hydrogens is 384 g/mol. The molecule has 1 heterocycles. The fourth-order valence-corrected chi connectivity index (χ4v) is 2.80. The quantitative estimate of drug-likeness (QED) is 0.375. The smallest absolute Gasteiger partial charge is 0.334 e. The van der Waals surface area contributed by atoms with Gasteiger partial charge in [0.2, 0.25) is 17.5 Å². The van der Waals surface area contributed by atoms with Crippen LogP contribution in [0.15, 0.2) is 54.9 Å². The molecule has 0 radical (unpaired) electrons. The van der Waals surface area contributed by atoms with Crippen LogP contribution >= 0.6 is 0 Å². The largest absolute Gasteiger partial charge is 0.353 e. The van der Waals surface area contributed by atoms with Gasteiger partial charge in [0, 0.05) is 24.0 Å². The van der Waals surface area contributed by atoms with E-state index in [-0.39, 0.29) is 23.2 Å². The maximum absolute atomic E-state index is 11.7. The van der Waals surface area contributed by atoms with Crippen LogP contribution in [0.5, 0.6) is 0 Å². The van der Waals surface area contributed by atoms with Gasteiger partial charge in [0.1, 0.15) is 6.33 Å². The van der Waals surface area contributed by atoms with E-state index >= 15 is 0 Å². The molecule has 3 rings (SSSR count). The Hall–Kier alpha value is -4.01. The average Bonchev–Trinajstić information content (AvgIpc) is 2.69. The Kier molecular flexibility index (Phi) is 6.21. The SMILES string of the molecule is CC(=O)Nc1ccc(Nc2ncnc(Nc3ccc(C(C)C)cc3)c2[N+](=O)[O-])cc1. The van der Waals surface area contributed by atoms with Crippen molar-refractivity contribution in [1.82, 2.24) is 9.97 Å². The normalized spacial score (nSPS) is 10.5. The third kappa shape index (κ3) is 5.07. The molecule has 3 aromatic rings. The Balaban J connectivity index is 1.85. The summed E-state index contributed by atoms with van der Waals surface area (Å²) in [6.45, 7) is 5.61. The summed E-state index contributed by atoms with van der Waals surface area (Å²) < 4.78 is 0. The molecule has 154 valence electrons. The second kappa shape index (κ2) is 8.99. The number of benzene rings is 2. The topological polar surface area (TPSA) is 122 Å². The Morgan fingerprint density at radius 3 is 1.80 bits per heavy atom. The van der Waals surface area contributed by atoms with Gasteiger partial charge in [-0.15, -0.1) is 0 Å². The Morgan fingerprint density at radius 1 is 0.900 bits per heavy atom. The van der Waals surface area contributed by atoms with Crippen molar-refractivity contribution in [2.75, 3.05) is 16.0 Å². The molecule has 0 spiro atoms. The van der Waals surface area contributed by atoms with Crippen LogP contribution in [-0.2, 0) is 4.79 Å². The van der Waals surface area contributed by atoms with Gasteiger partial charge < -0.3 is 16.0 Å². The summed E-state index contributed by atoms with van der Waals surface area (Å²) >= 11 is 0. The van der Waals surface area contributed by atoms with Crippen LogP contribution in [-0.4, -0.2) is 20.8 Å². The fourth-order valence-electron chi connectivity index (χ4n) is 2.80. The van der Waals surface area contributed by atoms with E-state index in [1.807, 2.05) is 24.3 Å². The molecule has 0 saturated heterocycles. The number of hydrogen-bond donors (Lipinski definition) is 3. The van der Waals surface area contributed by atoms with Gasteiger partial charge in [0.05, 0.1) is 4.92 Å². The van der Waals surface area contributed by atoms with E-state index in [0.29, 0.717) is 23.0 Å². The molecule has 9 nitrogen and oxygen atoms in total. The molecule has 0 atom stereocenters. The standard InChI is InChI=1S/C21H22N6O3/c1-13(2)15-4-6-17(7-5-15)25-20-19(27(29)30)21(23-12-22-20)26-18-10-8-16(9-11-18)24-14(3)28/h4-13H,1-3H3,(H,24,28)(H2,22,23,25,26). The molecule has 0 aliphatic carbocycles. The summed E-state index contributed by atoms with van der Waals surface area (Å²) in [7, 11) is 0. The Morgan fingerprint density at radius 2 is 1.37 bits per heavy atom. The summed E-state index contributed by atoms with van der Waals surface area (Å²) in [5.74, 6) is 0.354. The molecule has 3 N–H and O–H groups in total. The van der Waals surface area contributed by atoms with Crippen LogP contribution in [0.25, 0.3) is 0 Å². The van der Waals surface area contributed by atoms with E-state index in [9.17, 15) is 14.9 Å². The molecule has 9 heteroatoms. The maximum atomic E-state index is 11.7. The zero-order valence-electron chi connectivity index (χ0n) is 16.8. The molecule has 0 bridgehead atoms. The van der Waals surface area contributed by atoms with Gasteiger partial charge in [0.15, 0.2) is 0 Å². The summed E-state index contributed by atoms with van der Waals surface area (Å²) in [4.78, 5) is 30.4. The molecule has 1 amide bonds. The van der Waals surface area contributed by atoms with Gasteiger partial charge in [-0.25, -0.2) is 9.97 Å². The molecule has 1 aromatic heterocycles. The lowest BCUT2D eigenvalue weighted by atomic mass is 10.0. The number of aromatic nitrogens is 2. The first-order chi connectivity index (χ1) is 14.3. The number of hydrogen-bond acceptors (Lipinski definition) is 7. The number of anilines is 5. The highest BCUT2D eigenvalue weighted by atomic mass is 16.6. The number of carbonyl (C=O) groups excluding carboxylic acids is 1. The van der Waals surface area contributed by atoms with Crippen molar-refractivity contribution in [1.29, 1.82) is 0 Å². The van der Waals surface area contributed by atoms with Crippen molar-refractivity contribution in [3.63, 3.8) is 0 Å². The van der Waals surface area contributed by atoms with E-state index in [0.717, 1.165) is 0 Å². The highest BCUT2D eigenvalue weighted by Gasteiger charge is 2.23. The van der Waals surface area contributed by atoms with Crippen LogP contribution in [0.1, 0.15) is 32.3 Å². The summed E-state index contributed by atoms with van der Waals surface area (Å²) in [6, 6.07) is 14.4. The Bertz CT molecular complexity index is 1050. The molecule has 0 saturated carbocycles. The molecule has 30 heavy (non-hydrogen) atoms. The lowest BCUT2D eigenvalue weighted by molar-refractivity contribution is -0.383. The summed E-state index contributed by atoms with van der Waals surface area (Å²) in [5.41, 5.74) is 2.79. The predicted octanol–water partition coefficient (Wildman–Crippen LogP) is 4.95. The maximum Gasteiger partial charge on any atom is 0.353 e. The molecular formula is C21H22N6O3. The van der Waals surface area contributed by atoms with Gasteiger partial charge in [-0.05, 0) is 47.9 Å². The van der Waals surface area contributed by atoms with Gasteiger partial charge in [-0.3, -0.25) is 14.9 Å². The molecule has 0 aliphatic heterocycles. The first kappa shape index (κ1) is 20.7. The van der Waals surface area contributed by atoms with Crippen LogP contribution in [0.3, 0.4) is 0 Å². The van der Waals surface area contributed by atoms with Gasteiger partial charge >= 0.3 is 5.69 Å². The van der Waals surface area contributed by atoms with Crippen molar-refractivity contribution in [3.8, 4) is 0 Å². The average molecular weight is 406 g/mol. The van der Waals surface area contributed by atoms with E-state index in [2.05, 4.69) is 39.8 Å². The van der Waals surface area contributed by atoms with Crippen LogP contribution in [0.2, 0.25) is 0 Å². The molecule has 2 aromatic carbocycles. The third-order valence-electron chi connectivity index (χ3n) is 4.31. The number of nitrogens with zero attached hydrogens (tertiary/aromatic N) is 3. The number of nitro groups is 1. The van der Waals surface area contributed by atoms with Crippen LogP contribution in [0, 0.1) is 10.1 Å². The number of amides is 1. The highest BCUT2D eigenvalue weighted by Crippen LogP contribution is 2.33. The molecule has 0 unspecified atom stereocenters. The minimum atomic E-state index is -0.529. The zero-order chi connectivity index (χ0) is 21.7. The minimum Gasteiger partial charge on any atom is -0.334 e. The monoisotopic (exact) mass is 406 g/mol. The van der Waals surface area contributed by atoms with Crippen molar-refractivity contribution in [2.24, 2.45) is 0 Å². The van der Waals surface area contributed by atoms with Crippen molar-refractivity contribution < 1.29 is 9.72 Å². The van der Waals surface area contributed by atoms with Crippen molar-refractivity contribution in [3.05, 3.63) is 70.5 Å². The van der Waals surface area contributed by atoms with Crippen molar-refractivity contribution in [2.45, 2.75) is 26.7 Å². The van der Waals surface area contributed by atoms with Crippen LogP contribution in [0.4, 0.5) is 34.4 Å². The van der Waals surface area contributed by atoms with Gasteiger partial charge in [-0.2, -0.15) is 0 Å². The molecule has 0 aliphatic rings. The van der Waals surface area contributed by atoms with E-state index in [1.165, 1.54) is 18.8 Å². The third-order valence-corrected chi connectivity index (χ3v) is 4.31. The van der Waals surface area contributed by atoms with E-state index in [4.69, 9.17) is 0 Å². The lowest BCUT2D eigenvalue weighted by Gasteiger charge is -2.11. The first-order valence-corrected chi connectivity index (χ1v) is 9.34. The molecule has 0 fully saturated rings. The number of rotatable bonds is 7. The summed E-state index contributed by atoms with van der Waals surface area (Å²) in [6.07, 6.45) is 1.26.